The minimum Gasteiger partial charge on any atom is -0.368 e. The van der Waals surface area contributed by atoms with Crippen LogP contribution in [0.1, 0.15) is 22.7 Å². The van der Waals surface area contributed by atoms with Gasteiger partial charge in [0.05, 0.1) is 0 Å². The molecule has 1 aliphatic rings. The summed E-state index contributed by atoms with van der Waals surface area (Å²) in [6, 6.07) is 9.99. The molecule has 0 bridgehead atoms. The monoisotopic (exact) mass is 352 g/mol. The van der Waals surface area contributed by atoms with Crippen LogP contribution >= 0.6 is 0 Å². The molecule has 1 aromatic carbocycles. The number of nitrogens with zero attached hydrogens (tertiary/aromatic N) is 4. The van der Waals surface area contributed by atoms with Crippen molar-refractivity contribution in [1.82, 2.24) is 14.8 Å². The molecule has 3 rings (SSSR count). The van der Waals surface area contributed by atoms with Crippen LogP contribution in [0.4, 0.5) is 5.69 Å². The molecule has 1 aliphatic heterocycles. The van der Waals surface area contributed by atoms with Gasteiger partial charge in [-0.15, -0.1) is 0 Å². The zero-order valence-electron chi connectivity index (χ0n) is 16.1. The number of carbonyl (C=O) groups excluding carboxylic acids is 1. The average molecular weight is 352 g/mol. The summed E-state index contributed by atoms with van der Waals surface area (Å²) in [6.45, 7) is 7.35. The molecule has 1 fully saturated rings. The number of likely N-dealkylation sites (N-methyl/N-ethyl adjacent to an activating group) is 1. The van der Waals surface area contributed by atoms with E-state index in [-0.39, 0.29) is 11.9 Å². The first-order valence-electron chi connectivity index (χ1n) is 9.15. The number of carbonyl (C=O) groups is 1. The molecule has 0 radical (unpaired) electrons. The van der Waals surface area contributed by atoms with Crippen LogP contribution in [0.25, 0.3) is 0 Å². The molecular weight excluding hydrogens is 324 g/mol. The largest absolute Gasteiger partial charge is 0.368 e. The molecule has 1 unspecified atom stereocenters. The van der Waals surface area contributed by atoms with Crippen molar-refractivity contribution < 1.29 is 4.79 Å². The van der Waals surface area contributed by atoms with E-state index in [9.17, 15) is 4.79 Å². The minimum atomic E-state index is -0.231. The highest BCUT2D eigenvalue weighted by atomic mass is 16.2. The van der Waals surface area contributed by atoms with Gasteiger partial charge < -0.3 is 9.80 Å². The summed E-state index contributed by atoms with van der Waals surface area (Å²) in [5, 5.41) is 0. The highest BCUT2D eigenvalue weighted by Crippen LogP contribution is 2.26. The van der Waals surface area contributed by atoms with Gasteiger partial charge in [-0.3, -0.25) is 14.7 Å². The molecule has 1 atom stereocenters. The number of aromatic nitrogens is 1. The van der Waals surface area contributed by atoms with E-state index < -0.39 is 0 Å². The molecule has 0 saturated carbocycles. The second-order valence-corrected chi connectivity index (χ2v) is 7.20. The fraction of sp³-hybridized carbons (Fsp3) is 0.429. The number of aryl methyl sites for hydroxylation is 2. The van der Waals surface area contributed by atoms with Gasteiger partial charge in [-0.2, -0.15) is 0 Å². The third-order valence-electron chi connectivity index (χ3n) is 5.16. The Morgan fingerprint density at radius 3 is 2.35 bits per heavy atom. The number of amides is 1. The zero-order valence-corrected chi connectivity index (χ0v) is 16.1. The number of hydrogen-bond acceptors (Lipinski definition) is 4. The Bertz CT molecular complexity index is 766. The molecule has 5 heteroatoms. The number of piperazine rings is 1. The lowest BCUT2D eigenvalue weighted by molar-refractivity contribution is -0.136. The van der Waals surface area contributed by atoms with Crippen LogP contribution in [0.3, 0.4) is 0 Å². The van der Waals surface area contributed by atoms with E-state index in [2.05, 4.69) is 41.9 Å². The van der Waals surface area contributed by atoms with Gasteiger partial charge in [-0.05, 0) is 50.7 Å². The first-order chi connectivity index (χ1) is 12.5. The third kappa shape index (κ3) is 3.73. The topological polar surface area (TPSA) is 39.7 Å². The molecule has 0 aliphatic carbocycles. The van der Waals surface area contributed by atoms with Gasteiger partial charge in [0.1, 0.15) is 6.04 Å². The summed E-state index contributed by atoms with van der Waals surface area (Å²) < 4.78 is 0. The Hall–Kier alpha value is -2.40. The molecule has 1 saturated heterocycles. The van der Waals surface area contributed by atoms with Gasteiger partial charge in [0.25, 0.3) is 0 Å². The Morgan fingerprint density at radius 1 is 1.04 bits per heavy atom. The second kappa shape index (κ2) is 7.87. The predicted molar refractivity (Wildman–Crippen MR) is 105 cm³/mol. The van der Waals surface area contributed by atoms with Crippen LogP contribution in [-0.2, 0) is 4.79 Å². The van der Waals surface area contributed by atoms with E-state index in [1.165, 1.54) is 11.3 Å². The maximum absolute atomic E-state index is 13.3. The summed E-state index contributed by atoms with van der Waals surface area (Å²) in [4.78, 5) is 23.8. The first-order valence-corrected chi connectivity index (χ1v) is 9.15. The van der Waals surface area contributed by atoms with Crippen molar-refractivity contribution in [2.24, 2.45) is 0 Å². The Balaban J connectivity index is 1.73. The van der Waals surface area contributed by atoms with Crippen molar-refractivity contribution in [3.05, 3.63) is 59.4 Å². The highest BCUT2D eigenvalue weighted by Gasteiger charge is 2.31. The lowest BCUT2D eigenvalue weighted by atomic mass is 9.99. The molecule has 26 heavy (non-hydrogen) atoms. The molecule has 2 aromatic rings. The summed E-state index contributed by atoms with van der Waals surface area (Å²) in [6.07, 6.45) is 3.73. The summed E-state index contributed by atoms with van der Waals surface area (Å²) >= 11 is 0. The Kier molecular flexibility index (Phi) is 5.57. The maximum atomic E-state index is 13.3. The summed E-state index contributed by atoms with van der Waals surface area (Å²) in [5.74, 6) is 0.190. The zero-order chi connectivity index (χ0) is 18.7. The predicted octanol–water partition coefficient (Wildman–Crippen LogP) is 2.65. The van der Waals surface area contributed by atoms with Crippen LogP contribution in [-0.4, -0.2) is 61.0 Å². The smallest absolute Gasteiger partial charge is 0.244 e. The fourth-order valence-corrected chi connectivity index (χ4v) is 3.69. The third-order valence-corrected chi connectivity index (χ3v) is 5.16. The standard InChI is InChI=1S/C21H28N4O/c1-16-7-5-6-8-18(16)20(23(3)4)21(26)25-13-11-24(12-14-25)19-9-10-22-15-17(19)2/h5-10,15,20H,11-14H2,1-4H3. The molecule has 138 valence electrons. The molecule has 1 amide bonds. The maximum Gasteiger partial charge on any atom is 0.244 e. The van der Waals surface area contributed by atoms with E-state index in [0.717, 1.165) is 37.3 Å². The van der Waals surface area contributed by atoms with Gasteiger partial charge >= 0.3 is 0 Å². The van der Waals surface area contributed by atoms with E-state index in [0.29, 0.717) is 0 Å². The van der Waals surface area contributed by atoms with Crippen LogP contribution in [0.5, 0.6) is 0 Å². The molecule has 5 nitrogen and oxygen atoms in total. The van der Waals surface area contributed by atoms with Crippen molar-refractivity contribution in [1.29, 1.82) is 0 Å². The van der Waals surface area contributed by atoms with E-state index in [1.807, 2.05) is 48.4 Å². The summed E-state index contributed by atoms with van der Waals surface area (Å²) in [5.41, 5.74) is 4.65. The van der Waals surface area contributed by atoms with E-state index in [4.69, 9.17) is 0 Å². The average Bonchev–Trinajstić information content (AvgIpc) is 2.64. The molecule has 0 N–H and O–H groups in total. The SMILES string of the molecule is Cc1ccccc1C(C(=O)N1CCN(c2ccncc2C)CC1)N(C)C. The Morgan fingerprint density at radius 2 is 1.73 bits per heavy atom. The quantitative estimate of drug-likeness (QED) is 0.848. The van der Waals surface area contributed by atoms with E-state index >= 15 is 0 Å². The van der Waals surface area contributed by atoms with Crippen molar-refractivity contribution in [2.45, 2.75) is 19.9 Å². The number of rotatable bonds is 4. The van der Waals surface area contributed by atoms with Crippen molar-refractivity contribution >= 4 is 11.6 Å². The number of benzene rings is 1. The minimum absolute atomic E-state index is 0.190. The van der Waals surface area contributed by atoms with Gasteiger partial charge in [0.2, 0.25) is 5.91 Å². The van der Waals surface area contributed by atoms with Gasteiger partial charge in [0, 0.05) is 44.3 Å². The van der Waals surface area contributed by atoms with Crippen LogP contribution in [0, 0.1) is 13.8 Å². The van der Waals surface area contributed by atoms with Crippen molar-refractivity contribution in [3.63, 3.8) is 0 Å². The van der Waals surface area contributed by atoms with Crippen molar-refractivity contribution in [2.75, 3.05) is 45.2 Å². The number of pyridine rings is 1. The van der Waals surface area contributed by atoms with Gasteiger partial charge in [-0.25, -0.2) is 0 Å². The Labute approximate surface area is 156 Å². The molecule has 2 heterocycles. The molecular formula is C21H28N4O. The normalized spacial score (nSPS) is 16.0. The highest BCUT2D eigenvalue weighted by molar-refractivity contribution is 5.84. The van der Waals surface area contributed by atoms with Crippen LogP contribution < -0.4 is 4.90 Å². The number of anilines is 1. The lowest BCUT2D eigenvalue weighted by Gasteiger charge is -2.39. The number of hydrogen-bond donors (Lipinski definition) is 0. The molecule has 1 aromatic heterocycles. The molecule has 0 spiro atoms. The van der Waals surface area contributed by atoms with Crippen LogP contribution in [0.15, 0.2) is 42.7 Å². The lowest BCUT2D eigenvalue weighted by Crippen LogP contribution is -2.51. The fourth-order valence-electron chi connectivity index (χ4n) is 3.69. The van der Waals surface area contributed by atoms with E-state index in [1.54, 1.807) is 0 Å². The van der Waals surface area contributed by atoms with Crippen LogP contribution in [0.2, 0.25) is 0 Å². The van der Waals surface area contributed by atoms with Crippen molar-refractivity contribution in [3.8, 4) is 0 Å². The second-order valence-electron chi connectivity index (χ2n) is 7.20. The van der Waals surface area contributed by atoms with Gasteiger partial charge in [0.15, 0.2) is 0 Å². The van der Waals surface area contributed by atoms with Gasteiger partial charge in [-0.1, -0.05) is 24.3 Å². The summed E-state index contributed by atoms with van der Waals surface area (Å²) in [7, 11) is 3.96. The first kappa shape index (κ1) is 18.4.